The van der Waals surface area contributed by atoms with Crippen LogP contribution < -0.4 is 5.56 Å². The number of aromatic amines is 1. The molecule has 1 aliphatic rings. The normalized spacial score (nSPS) is 18.2. The van der Waals surface area contributed by atoms with E-state index in [1.807, 2.05) is 17.0 Å². The molecule has 0 saturated carbocycles. The molecular weight excluding hydrogens is 307 g/mol. The van der Waals surface area contributed by atoms with Gasteiger partial charge in [0.2, 0.25) is 5.56 Å². The molecule has 0 aliphatic carbocycles. The molecule has 0 spiro atoms. The predicted octanol–water partition coefficient (Wildman–Crippen LogP) is 3.23. The second kappa shape index (κ2) is 6.99. The number of amides is 1. The molecule has 1 atom stereocenters. The van der Waals surface area contributed by atoms with Gasteiger partial charge >= 0.3 is 0 Å². The number of nitrogens with one attached hydrogen (secondary N) is 1. The molecule has 0 radical (unpaired) electrons. The number of aryl methyl sites for hydroxylation is 1. The summed E-state index contributed by atoms with van der Waals surface area (Å²) in [5.41, 5.74) is 2.18. The lowest BCUT2D eigenvalue weighted by Gasteiger charge is -2.21. The van der Waals surface area contributed by atoms with Gasteiger partial charge in [-0.05, 0) is 55.4 Å². The zero-order valence-corrected chi connectivity index (χ0v) is 13.7. The Morgan fingerprint density at radius 3 is 2.67 bits per heavy atom. The van der Waals surface area contributed by atoms with Gasteiger partial charge in [-0.3, -0.25) is 9.59 Å². The van der Waals surface area contributed by atoms with Crippen LogP contribution in [0.25, 0.3) is 0 Å². The van der Waals surface area contributed by atoms with Crippen molar-refractivity contribution in [1.82, 2.24) is 9.88 Å². The molecule has 126 valence electrons. The first-order valence-electron chi connectivity index (χ1n) is 8.28. The van der Waals surface area contributed by atoms with Crippen molar-refractivity contribution in [3.63, 3.8) is 0 Å². The van der Waals surface area contributed by atoms with Gasteiger partial charge in [-0.1, -0.05) is 12.1 Å². The highest BCUT2D eigenvalue weighted by Crippen LogP contribution is 2.28. The third-order valence-electron chi connectivity index (χ3n) is 4.72. The number of H-pyrrole nitrogens is 1. The Labute approximate surface area is 140 Å². The van der Waals surface area contributed by atoms with E-state index in [1.54, 1.807) is 6.92 Å². The largest absolute Gasteiger partial charge is 0.339 e. The SMILES string of the molecule is Cc1cc(=O)[nH]cc1C(=O)N1CCCC(c2ccc(F)cc2)CC1. The molecule has 1 amide bonds. The van der Waals surface area contributed by atoms with Crippen LogP contribution >= 0.6 is 0 Å². The highest BCUT2D eigenvalue weighted by Gasteiger charge is 2.23. The number of halogens is 1. The monoisotopic (exact) mass is 328 g/mol. The standard InChI is InChI=1S/C19H21FN2O2/c1-13-11-18(23)21-12-17(13)19(24)22-9-2-3-14(8-10-22)15-4-6-16(20)7-5-15/h4-7,11-12,14H,2-3,8-10H2,1H3,(H,21,23). The van der Waals surface area contributed by atoms with E-state index in [2.05, 4.69) is 4.98 Å². The molecule has 1 saturated heterocycles. The van der Waals surface area contributed by atoms with Gasteiger partial charge in [0, 0.05) is 25.4 Å². The molecule has 1 fully saturated rings. The summed E-state index contributed by atoms with van der Waals surface area (Å²) >= 11 is 0. The van der Waals surface area contributed by atoms with Crippen LogP contribution in [0.1, 0.15) is 46.7 Å². The van der Waals surface area contributed by atoms with Crippen LogP contribution in [0.2, 0.25) is 0 Å². The zero-order chi connectivity index (χ0) is 17.1. The topological polar surface area (TPSA) is 53.2 Å². The molecule has 2 heterocycles. The van der Waals surface area contributed by atoms with Crippen molar-refractivity contribution in [2.24, 2.45) is 0 Å². The van der Waals surface area contributed by atoms with Gasteiger partial charge in [-0.25, -0.2) is 4.39 Å². The number of carbonyl (C=O) groups is 1. The number of hydrogen-bond acceptors (Lipinski definition) is 2. The van der Waals surface area contributed by atoms with Gasteiger partial charge in [0.15, 0.2) is 0 Å². The summed E-state index contributed by atoms with van der Waals surface area (Å²) in [5, 5.41) is 0. The summed E-state index contributed by atoms with van der Waals surface area (Å²) in [7, 11) is 0. The lowest BCUT2D eigenvalue weighted by Crippen LogP contribution is -2.33. The highest BCUT2D eigenvalue weighted by atomic mass is 19.1. The van der Waals surface area contributed by atoms with Gasteiger partial charge in [0.1, 0.15) is 5.82 Å². The molecule has 0 bridgehead atoms. The number of pyridine rings is 1. The van der Waals surface area contributed by atoms with Crippen molar-refractivity contribution >= 4 is 5.91 Å². The minimum absolute atomic E-state index is 0.0384. The van der Waals surface area contributed by atoms with E-state index in [4.69, 9.17) is 0 Å². The fourth-order valence-corrected chi connectivity index (χ4v) is 3.34. The molecule has 1 aromatic heterocycles. The number of hydrogen-bond donors (Lipinski definition) is 1. The van der Waals surface area contributed by atoms with E-state index in [9.17, 15) is 14.0 Å². The molecule has 1 unspecified atom stereocenters. The van der Waals surface area contributed by atoms with Crippen molar-refractivity contribution in [2.75, 3.05) is 13.1 Å². The summed E-state index contributed by atoms with van der Waals surface area (Å²) < 4.78 is 13.1. The van der Waals surface area contributed by atoms with Gasteiger partial charge in [-0.2, -0.15) is 0 Å². The number of nitrogens with zero attached hydrogens (tertiary/aromatic N) is 1. The van der Waals surface area contributed by atoms with E-state index < -0.39 is 0 Å². The van der Waals surface area contributed by atoms with Crippen LogP contribution in [0.5, 0.6) is 0 Å². The lowest BCUT2D eigenvalue weighted by molar-refractivity contribution is 0.0760. The Morgan fingerprint density at radius 2 is 1.96 bits per heavy atom. The number of benzene rings is 1. The lowest BCUT2D eigenvalue weighted by atomic mass is 9.92. The molecule has 24 heavy (non-hydrogen) atoms. The smallest absolute Gasteiger partial charge is 0.255 e. The number of rotatable bonds is 2. The van der Waals surface area contributed by atoms with Crippen LogP contribution in [0.4, 0.5) is 4.39 Å². The highest BCUT2D eigenvalue weighted by molar-refractivity contribution is 5.95. The van der Waals surface area contributed by atoms with Crippen molar-refractivity contribution in [3.8, 4) is 0 Å². The molecule has 3 rings (SSSR count). The summed E-state index contributed by atoms with van der Waals surface area (Å²) in [6.07, 6.45) is 4.26. The van der Waals surface area contributed by atoms with Crippen LogP contribution in [0.15, 0.2) is 41.3 Å². The minimum Gasteiger partial charge on any atom is -0.339 e. The zero-order valence-electron chi connectivity index (χ0n) is 13.7. The minimum atomic E-state index is -0.224. The summed E-state index contributed by atoms with van der Waals surface area (Å²) in [6.45, 7) is 3.15. The predicted molar refractivity (Wildman–Crippen MR) is 90.7 cm³/mol. The summed E-state index contributed by atoms with van der Waals surface area (Å²) in [6, 6.07) is 8.11. The first-order valence-corrected chi connectivity index (χ1v) is 8.28. The third kappa shape index (κ3) is 3.55. The number of likely N-dealkylation sites (tertiary alicyclic amines) is 1. The van der Waals surface area contributed by atoms with E-state index in [-0.39, 0.29) is 17.3 Å². The van der Waals surface area contributed by atoms with E-state index in [0.717, 1.165) is 24.8 Å². The Hall–Kier alpha value is -2.43. The van der Waals surface area contributed by atoms with Crippen LogP contribution in [0, 0.1) is 12.7 Å². The van der Waals surface area contributed by atoms with E-state index in [0.29, 0.717) is 30.1 Å². The van der Waals surface area contributed by atoms with Crippen molar-refractivity contribution in [2.45, 2.75) is 32.1 Å². The van der Waals surface area contributed by atoms with Gasteiger partial charge in [0.25, 0.3) is 5.91 Å². The Balaban J connectivity index is 1.72. The average molecular weight is 328 g/mol. The Kier molecular flexibility index (Phi) is 4.79. The Bertz CT molecular complexity index is 783. The molecule has 1 N–H and O–H groups in total. The maximum atomic E-state index is 13.1. The maximum absolute atomic E-state index is 13.1. The Morgan fingerprint density at radius 1 is 1.21 bits per heavy atom. The number of carbonyl (C=O) groups excluding carboxylic acids is 1. The second-order valence-corrected chi connectivity index (χ2v) is 6.37. The van der Waals surface area contributed by atoms with Crippen LogP contribution in [-0.4, -0.2) is 28.9 Å². The van der Waals surface area contributed by atoms with Crippen LogP contribution in [-0.2, 0) is 0 Å². The number of aromatic nitrogens is 1. The van der Waals surface area contributed by atoms with Gasteiger partial charge in [-0.15, -0.1) is 0 Å². The van der Waals surface area contributed by atoms with E-state index >= 15 is 0 Å². The summed E-state index contributed by atoms with van der Waals surface area (Å²) in [4.78, 5) is 28.5. The maximum Gasteiger partial charge on any atom is 0.255 e. The third-order valence-corrected chi connectivity index (χ3v) is 4.72. The molecule has 2 aromatic rings. The van der Waals surface area contributed by atoms with Gasteiger partial charge in [0.05, 0.1) is 5.56 Å². The van der Waals surface area contributed by atoms with Crippen molar-refractivity contribution in [1.29, 1.82) is 0 Å². The fraction of sp³-hybridized carbons (Fsp3) is 0.368. The fourth-order valence-electron chi connectivity index (χ4n) is 3.34. The average Bonchev–Trinajstić information content (AvgIpc) is 2.81. The first-order chi connectivity index (χ1) is 11.5. The van der Waals surface area contributed by atoms with Gasteiger partial charge < -0.3 is 9.88 Å². The molecule has 1 aromatic carbocycles. The molecule has 1 aliphatic heterocycles. The van der Waals surface area contributed by atoms with Crippen molar-refractivity contribution < 1.29 is 9.18 Å². The molecule has 5 heteroatoms. The van der Waals surface area contributed by atoms with Crippen molar-refractivity contribution in [3.05, 3.63) is 69.4 Å². The van der Waals surface area contributed by atoms with E-state index in [1.165, 1.54) is 24.4 Å². The first kappa shape index (κ1) is 16.4. The quantitative estimate of drug-likeness (QED) is 0.920. The summed E-state index contributed by atoms with van der Waals surface area (Å²) in [5.74, 6) is 0.0845. The van der Waals surface area contributed by atoms with Crippen LogP contribution in [0.3, 0.4) is 0 Å². The second-order valence-electron chi connectivity index (χ2n) is 6.37. The molecule has 4 nitrogen and oxygen atoms in total. The molecular formula is C19H21FN2O2.